The average molecular weight is 247 g/mol. The molecule has 18 heavy (non-hydrogen) atoms. The molecule has 0 radical (unpaired) electrons. The predicted octanol–water partition coefficient (Wildman–Crippen LogP) is 2.16. The summed E-state index contributed by atoms with van der Waals surface area (Å²) >= 11 is 0. The molecule has 0 amide bonds. The summed E-state index contributed by atoms with van der Waals surface area (Å²) in [5, 5.41) is 3.47. The number of aromatic nitrogens is 2. The normalized spacial score (nSPS) is 20.6. The van der Waals surface area contributed by atoms with Crippen molar-refractivity contribution in [3.63, 3.8) is 0 Å². The monoisotopic (exact) mass is 247 g/mol. The number of nitrogens with zero attached hydrogens (tertiary/aromatic N) is 2. The molecule has 3 rings (SSSR count). The lowest BCUT2D eigenvalue weighted by molar-refractivity contribution is 0.608. The van der Waals surface area contributed by atoms with Crippen molar-refractivity contribution >= 4 is 11.6 Å². The second-order valence-corrected chi connectivity index (χ2v) is 5.99. The largest absolute Gasteiger partial charge is 0.369 e. The van der Waals surface area contributed by atoms with E-state index < -0.39 is 0 Å². The van der Waals surface area contributed by atoms with Crippen molar-refractivity contribution in [3.8, 4) is 0 Å². The molecule has 0 spiro atoms. The maximum absolute atomic E-state index is 5.54. The van der Waals surface area contributed by atoms with Crippen LogP contribution in [0.15, 0.2) is 0 Å². The van der Waals surface area contributed by atoms with Gasteiger partial charge in [0.2, 0.25) is 0 Å². The molecule has 98 valence electrons. The standard InChI is InChI=1S/C13H21N5/c1-8-10(15-7-13(2)5-6-13)16-12(9-3-4-9)17-11(8)18-14/h9H,3-7,14H2,1-2H3,(H2,15,16,17,18). The SMILES string of the molecule is Cc1c(NN)nc(C2CC2)nc1NCC1(C)CC1. The highest BCUT2D eigenvalue weighted by molar-refractivity contribution is 5.57. The molecule has 5 heteroatoms. The fraction of sp³-hybridized carbons (Fsp3) is 0.692. The molecule has 2 saturated carbocycles. The molecule has 1 aromatic rings. The summed E-state index contributed by atoms with van der Waals surface area (Å²) in [5.74, 6) is 8.68. The number of hydrogen-bond donors (Lipinski definition) is 3. The summed E-state index contributed by atoms with van der Waals surface area (Å²) in [6.07, 6.45) is 5.01. The Balaban J connectivity index is 1.83. The topological polar surface area (TPSA) is 75.9 Å². The molecule has 0 aromatic carbocycles. The molecule has 0 unspecified atom stereocenters. The predicted molar refractivity (Wildman–Crippen MR) is 72.4 cm³/mol. The fourth-order valence-electron chi connectivity index (χ4n) is 2.06. The van der Waals surface area contributed by atoms with Crippen LogP contribution in [0.1, 0.15) is 49.9 Å². The van der Waals surface area contributed by atoms with Gasteiger partial charge in [-0.15, -0.1) is 0 Å². The second kappa shape index (κ2) is 4.09. The van der Waals surface area contributed by atoms with E-state index in [1.54, 1.807) is 0 Å². The van der Waals surface area contributed by atoms with Gasteiger partial charge < -0.3 is 10.7 Å². The minimum Gasteiger partial charge on any atom is -0.369 e. The van der Waals surface area contributed by atoms with Gasteiger partial charge in [-0.2, -0.15) is 0 Å². The van der Waals surface area contributed by atoms with Crippen LogP contribution in [-0.2, 0) is 0 Å². The number of nitrogens with one attached hydrogen (secondary N) is 2. The molecule has 1 aromatic heterocycles. The van der Waals surface area contributed by atoms with E-state index in [1.165, 1.54) is 25.7 Å². The van der Waals surface area contributed by atoms with E-state index in [0.29, 0.717) is 11.3 Å². The first-order chi connectivity index (χ1) is 8.61. The van der Waals surface area contributed by atoms with E-state index in [4.69, 9.17) is 5.84 Å². The van der Waals surface area contributed by atoms with Crippen molar-refractivity contribution in [1.29, 1.82) is 0 Å². The number of anilines is 2. The number of nitrogens with two attached hydrogens (primary N) is 1. The second-order valence-electron chi connectivity index (χ2n) is 5.99. The molecule has 5 nitrogen and oxygen atoms in total. The quantitative estimate of drug-likeness (QED) is 0.549. The van der Waals surface area contributed by atoms with Crippen molar-refractivity contribution in [2.45, 2.75) is 45.4 Å². The summed E-state index contributed by atoms with van der Waals surface area (Å²) < 4.78 is 0. The number of hydrogen-bond acceptors (Lipinski definition) is 5. The first kappa shape index (κ1) is 11.7. The molecule has 2 fully saturated rings. The number of hydrazine groups is 1. The highest BCUT2D eigenvalue weighted by Gasteiger charge is 2.37. The van der Waals surface area contributed by atoms with Gasteiger partial charge in [-0.05, 0) is 38.0 Å². The Morgan fingerprint density at radius 2 is 1.94 bits per heavy atom. The summed E-state index contributed by atoms with van der Waals surface area (Å²) in [4.78, 5) is 9.14. The van der Waals surface area contributed by atoms with Gasteiger partial charge in [0.15, 0.2) is 0 Å². The molecule has 0 bridgehead atoms. The van der Waals surface area contributed by atoms with Crippen LogP contribution in [0.3, 0.4) is 0 Å². The third-order valence-electron chi connectivity index (χ3n) is 4.03. The van der Waals surface area contributed by atoms with Gasteiger partial charge in [-0.3, -0.25) is 0 Å². The van der Waals surface area contributed by atoms with Gasteiger partial charge >= 0.3 is 0 Å². The molecule has 0 aliphatic heterocycles. The van der Waals surface area contributed by atoms with E-state index in [1.807, 2.05) is 6.92 Å². The lowest BCUT2D eigenvalue weighted by Gasteiger charge is -2.15. The summed E-state index contributed by atoms with van der Waals surface area (Å²) in [6.45, 7) is 5.29. The minimum absolute atomic E-state index is 0.466. The van der Waals surface area contributed by atoms with Crippen LogP contribution in [0, 0.1) is 12.3 Å². The zero-order valence-electron chi connectivity index (χ0n) is 11.1. The van der Waals surface area contributed by atoms with Crippen LogP contribution in [0.2, 0.25) is 0 Å². The maximum atomic E-state index is 5.54. The van der Waals surface area contributed by atoms with Gasteiger partial charge in [-0.1, -0.05) is 6.92 Å². The molecule has 4 N–H and O–H groups in total. The van der Waals surface area contributed by atoms with Crippen LogP contribution in [0.4, 0.5) is 11.6 Å². The van der Waals surface area contributed by atoms with Gasteiger partial charge in [-0.25, -0.2) is 15.8 Å². The van der Waals surface area contributed by atoms with Crippen molar-refractivity contribution in [1.82, 2.24) is 9.97 Å². The van der Waals surface area contributed by atoms with Crippen LogP contribution < -0.4 is 16.6 Å². The van der Waals surface area contributed by atoms with Gasteiger partial charge in [0.25, 0.3) is 0 Å². The summed E-state index contributed by atoms with van der Waals surface area (Å²) in [5.41, 5.74) is 4.15. The molecular weight excluding hydrogens is 226 g/mol. The maximum Gasteiger partial charge on any atom is 0.148 e. The Kier molecular flexibility index (Phi) is 2.66. The average Bonchev–Trinajstić information content (AvgIpc) is 3.24. The van der Waals surface area contributed by atoms with Crippen molar-refractivity contribution in [2.24, 2.45) is 11.3 Å². The number of nitrogen functional groups attached to an aromatic ring is 1. The third kappa shape index (κ3) is 2.27. The summed E-state index contributed by atoms with van der Waals surface area (Å²) in [6, 6.07) is 0. The Hall–Kier alpha value is -1.36. The van der Waals surface area contributed by atoms with Crippen LogP contribution >= 0.6 is 0 Å². The first-order valence-electron chi connectivity index (χ1n) is 6.70. The zero-order chi connectivity index (χ0) is 12.8. The molecule has 0 saturated heterocycles. The third-order valence-corrected chi connectivity index (χ3v) is 4.03. The number of rotatable bonds is 5. The Morgan fingerprint density at radius 3 is 2.50 bits per heavy atom. The van der Waals surface area contributed by atoms with Crippen LogP contribution in [0.5, 0.6) is 0 Å². The molecule has 0 atom stereocenters. The summed E-state index contributed by atoms with van der Waals surface area (Å²) in [7, 11) is 0. The van der Waals surface area contributed by atoms with E-state index in [2.05, 4.69) is 27.6 Å². The molecule has 2 aliphatic rings. The van der Waals surface area contributed by atoms with E-state index in [9.17, 15) is 0 Å². The smallest absolute Gasteiger partial charge is 0.148 e. The van der Waals surface area contributed by atoms with Gasteiger partial charge in [0, 0.05) is 18.0 Å². The van der Waals surface area contributed by atoms with Crippen molar-refractivity contribution in [2.75, 3.05) is 17.3 Å². The molecular formula is C13H21N5. The van der Waals surface area contributed by atoms with Crippen molar-refractivity contribution in [3.05, 3.63) is 11.4 Å². The fourth-order valence-corrected chi connectivity index (χ4v) is 2.06. The Bertz CT molecular complexity index is 463. The van der Waals surface area contributed by atoms with E-state index >= 15 is 0 Å². The first-order valence-corrected chi connectivity index (χ1v) is 6.70. The van der Waals surface area contributed by atoms with Crippen LogP contribution in [0.25, 0.3) is 0 Å². The molecule has 2 aliphatic carbocycles. The van der Waals surface area contributed by atoms with Gasteiger partial charge in [0.1, 0.15) is 17.5 Å². The van der Waals surface area contributed by atoms with E-state index in [-0.39, 0.29) is 0 Å². The Morgan fingerprint density at radius 1 is 1.28 bits per heavy atom. The highest BCUT2D eigenvalue weighted by atomic mass is 15.3. The molecule has 1 heterocycles. The van der Waals surface area contributed by atoms with Gasteiger partial charge in [0.05, 0.1) is 0 Å². The minimum atomic E-state index is 0.466. The van der Waals surface area contributed by atoms with Crippen LogP contribution in [-0.4, -0.2) is 16.5 Å². The Labute approximate surface area is 108 Å². The highest BCUT2D eigenvalue weighted by Crippen LogP contribution is 2.45. The van der Waals surface area contributed by atoms with E-state index in [0.717, 1.165) is 29.6 Å². The van der Waals surface area contributed by atoms with Crippen molar-refractivity contribution < 1.29 is 0 Å². The zero-order valence-corrected chi connectivity index (χ0v) is 11.1. The lowest BCUT2D eigenvalue weighted by Crippen LogP contribution is -2.17. The lowest BCUT2D eigenvalue weighted by atomic mass is 10.1.